The molecular weight excluding hydrogens is 144 g/mol. The summed E-state index contributed by atoms with van der Waals surface area (Å²) in [7, 11) is 3.72. The molecule has 0 amide bonds. The second-order valence-corrected chi connectivity index (χ2v) is 2.70. The number of hydrogen-bond donors (Lipinski definition) is 2. The first-order valence-electron chi connectivity index (χ1n) is 3.33. The van der Waals surface area contributed by atoms with Gasteiger partial charge in [0.1, 0.15) is 0 Å². The summed E-state index contributed by atoms with van der Waals surface area (Å²) in [5, 5.41) is 18.3. The molecule has 2 N–H and O–H groups in total. The van der Waals surface area contributed by atoms with Gasteiger partial charge in [-0.05, 0) is 14.1 Å². The number of aromatic nitrogens is 1. The Morgan fingerprint density at radius 3 is 2.09 bits per heavy atom. The van der Waals surface area contributed by atoms with Gasteiger partial charge in [-0.25, -0.2) is 0 Å². The van der Waals surface area contributed by atoms with Gasteiger partial charge >= 0.3 is 0 Å². The predicted molar refractivity (Wildman–Crippen MR) is 41.4 cm³/mol. The van der Waals surface area contributed by atoms with Crippen LogP contribution >= 0.6 is 0 Å². The number of nitrogens with zero attached hydrogens (tertiary/aromatic N) is 2. The summed E-state index contributed by atoms with van der Waals surface area (Å²) in [6, 6.07) is 2.91. The zero-order valence-corrected chi connectivity index (χ0v) is 6.65. The SMILES string of the molecule is CN(C)Cn1c(O)ccc1O. The maximum atomic E-state index is 9.16. The summed E-state index contributed by atoms with van der Waals surface area (Å²) in [5.74, 6) is 0.160. The topological polar surface area (TPSA) is 48.6 Å². The summed E-state index contributed by atoms with van der Waals surface area (Å²) in [4.78, 5) is 1.85. The highest BCUT2D eigenvalue weighted by Crippen LogP contribution is 2.20. The van der Waals surface area contributed by atoms with Crippen LogP contribution < -0.4 is 0 Å². The molecule has 0 bridgehead atoms. The fraction of sp³-hybridized carbons (Fsp3) is 0.429. The molecule has 0 aliphatic heterocycles. The van der Waals surface area contributed by atoms with Crippen LogP contribution in [0.3, 0.4) is 0 Å². The minimum Gasteiger partial charge on any atom is -0.494 e. The summed E-state index contributed by atoms with van der Waals surface area (Å²) in [6.45, 7) is 0.477. The van der Waals surface area contributed by atoms with Crippen molar-refractivity contribution >= 4 is 0 Å². The van der Waals surface area contributed by atoms with Gasteiger partial charge in [-0.2, -0.15) is 0 Å². The minimum absolute atomic E-state index is 0.0798. The largest absolute Gasteiger partial charge is 0.494 e. The first-order valence-corrected chi connectivity index (χ1v) is 3.33. The van der Waals surface area contributed by atoms with Crippen LogP contribution in [0.15, 0.2) is 12.1 Å². The molecule has 0 unspecified atom stereocenters. The molecular formula is C7H12N2O2. The minimum atomic E-state index is 0.0798. The standard InChI is InChI=1S/C7H12N2O2/c1-8(2)5-9-6(10)3-4-7(9)11/h3-4,10-11H,5H2,1-2H3. The van der Waals surface area contributed by atoms with Crippen molar-refractivity contribution < 1.29 is 10.2 Å². The Hall–Kier alpha value is -1.16. The highest BCUT2D eigenvalue weighted by Gasteiger charge is 2.04. The molecule has 0 aliphatic carbocycles. The van der Waals surface area contributed by atoms with Gasteiger partial charge < -0.3 is 10.2 Å². The Morgan fingerprint density at radius 2 is 1.73 bits per heavy atom. The first kappa shape index (κ1) is 7.94. The molecule has 0 radical (unpaired) electrons. The molecule has 4 heteroatoms. The van der Waals surface area contributed by atoms with Crippen molar-refractivity contribution in [3.63, 3.8) is 0 Å². The third-order valence-electron chi connectivity index (χ3n) is 1.36. The number of rotatable bonds is 2. The maximum absolute atomic E-state index is 9.16. The summed E-state index contributed by atoms with van der Waals surface area (Å²) < 4.78 is 1.40. The van der Waals surface area contributed by atoms with Gasteiger partial charge in [0.25, 0.3) is 0 Å². The Bertz CT molecular complexity index is 223. The van der Waals surface area contributed by atoms with E-state index in [1.165, 1.54) is 16.7 Å². The van der Waals surface area contributed by atoms with Gasteiger partial charge in [-0.1, -0.05) is 0 Å². The van der Waals surface area contributed by atoms with Crippen LogP contribution in [-0.2, 0) is 6.67 Å². The van der Waals surface area contributed by atoms with Crippen molar-refractivity contribution in [2.75, 3.05) is 14.1 Å². The average Bonchev–Trinajstić information content (AvgIpc) is 2.18. The second kappa shape index (κ2) is 2.84. The van der Waals surface area contributed by atoms with Crippen molar-refractivity contribution in [1.29, 1.82) is 0 Å². The van der Waals surface area contributed by atoms with E-state index in [-0.39, 0.29) is 11.8 Å². The van der Waals surface area contributed by atoms with E-state index >= 15 is 0 Å². The Balaban J connectivity index is 2.83. The number of aromatic hydroxyl groups is 2. The van der Waals surface area contributed by atoms with Gasteiger partial charge in [0.2, 0.25) is 0 Å². The van der Waals surface area contributed by atoms with E-state index in [9.17, 15) is 0 Å². The lowest BCUT2D eigenvalue weighted by Crippen LogP contribution is -2.15. The summed E-state index contributed by atoms with van der Waals surface area (Å²) in [5.41, 5.74) is 0. The Labute approximate surface area is 65.3 Å². The lowest BCUT2D eigenvalue weighted by atomic mass is 10.6. The van der Waals surface area contributed by atoms with E-state index in [4.69, 9.17) is 10.2 Å². The van der Waals surface area contributed by atoms with E-state index in [0.29, 0.717) is 6.67 Å². The van der Waals surface area contributed by atoms with Gasteiger partial charge in [0.15, 0.2) is 11.8 Å². The lowest BCUT2D eigenvalue weighted by Gasteiger charge is -2.12. The molecule has 0 fully saturated rings. The normalized spacial score (nSPS) is 10.8. The van der Waals surface area contributed by atoms with E-state index in [0.717, 1.165) is 0 Å². The third kappa shape index (κ3) is 1.65. The zero-order chi connectivity index (χ0) is 8.43. The molecule has 0 aliphatic rings. The Morgan fingerprint density at radius 1 is 1.27 bits per heavy atom. The van der Waals surface area contributed by atoms with Crippen LogP contribution in [0.1, 0.15) is 0 Å². The van der Waals surface area contributed by atoms with Crippen LogP contribution in [0, 0.1) is 0 Å². The molecule has 11 heavy (non-hydrogen) atoms. The molecule has 4 nitrogen and oxygen atoms in total. The molecule has 1 rings (SSSR count). The van der Waals surface area contributed by atoms with Crippen molar-refractivity contribution in [3.8, 4) is 11.8 Å². The molecule has 1 aromatic rings. The van der Waals surface area contributed by atoms with Crippen molar-refractivity contribution in [2.24, 2.45) is 0 Å². The van der Waals surface area contributed by atoms with E-state index < -0.39 is 0 Å². The van der Waals surface area contributed by atoms with Crippen molar-refractivity contribution in [1.82, 2.24) is 9.47 Å². The second-order valence-electron chi connectivity index (χ2n) is 2.70. The molecule has 0 aromatic carbocycles. The van der Waals surface area contributed by atoms with E-state index in [1.807, 2.05) is 19.0 Å². The average molecular weight is 156 g/mol. The maximum Gasteiger partial charge on any atom is 0.194 e. The van der Waals surface area contributed by atoms with Crippen LogP contribution in [0.25, 0.3) is 0 Å². The summed E-state index contributed by atoms with van der Waals surface area (Å²) >= 11 is 0. The molecule has 0 atom stereocenters. The van der Waals surface area contributed by atoms with E-state index in [2.05, 4.69) is 0 Å². The highest BCUT2D eigenvalue weighted by molar-refractivity contribution is 5.23. The van der Waals surface area contributed by atoms with Gasteiger partial charge in [0, 0.05) is 12.1 Å². The molecule has 0 saturated carbocycles. The molecule has 1 heterocycles. The molecule has 0 spiro atoms. The van der Waals surface area contributed by atoms with Gasteiger partial charge in [0.05, 0.1) is 6.67 Å². The van der Waals surface area contributed by atoms with E-state index in [1.54, 1.807) is 0 Å². The van der Waals surface area contributed by atoms with Crippen LogP contribution in [-0.4, -0.2) is 33.8 Å². The van der Waals surface area contributed by atoms with Gasteiger partial charge in [-0.15, -0.1) is 0 Å². The molecule has 62 valence electrons. The highest BCUT2D eigenvalue weighted by atomic mass is 16.3. The lowest BCUT2D eigenvalue weighted by molar-refractivity contribution is 0.271. The van der Waals surface area contributed by atoms with Crippen molar-refractivity contribution in [3.05, 3.63) is 12.1 Å². The van der Waals surface area contributed by atoms with Gasteiger partial charge in [-0.3, -0.25) is 9.47 Å². The number of hydrogen-bond acceptors (Lipinski definition) is 3. The first-order chi connectivity index (χ1) is 5.11. The van der Waals surface area contributed by atoms with Crippen LogP contribution in [0.2, 0.25) is 0 Å². The van der Waals surface area contributed by atoms with Crippen LogP contribution in [0.5, 0.6) is 11.8 Å². The summed E-state index contributed by atoms with van der Waals surface area (Å²) in [6.07, 6.45) is 0. The fourth-order valence-electron chi connectivity index (χ4n) is 0.874. The van der Waals surface area contributed by atoms with Crippen molar-refractivity contribution in [2.45, 2.75) is 6.67 Å². The smallest absolute Gasteiger partial charge is 0.194 e. The predicted octanol–water partition coefficient (Wildman–Crippen LogP) is 0.418. The monoisotopic (exact) mass is 156 g/mol. The quantitative estimate of drug-likeness (QED) is 0.652. The Kier molecular flexibility index (Phi) is 2.05. The van der Waals surface area contributed by atoms with Crippen LogP contribution in [0.4, 0.5) is 0 Å². The molecule has 1 aromatic heterocycles. The zero-order valence-electron chi connectivity index (χ0n) is 6.65. The third-order valence-corrected chi connectivity index (χ3v) is 1.36. The fourth-order valence-corrected chi connectivity index (χ4v) is 0.874. The molecule has 0 saturated heterocycles.